The third-order valence-corrected chi connectivity index (χ3v) is 3.83. The van der Waals surface area contributed by atoms with Crippen molar-refractivity contribution in [1.29, 1.82) is 0 Å². The molecular formula is C16H15N5O2. The number of rotatable bonds is 3. The molecular weight excluding hydrogens is 294 g/mol. The summed E-state index contributed by atoms with van der Waals surface area (Å²) in [5.74, 6) is -0.0840. The highest BCUT2D eigenvalue weighted by molar-refractivity contribution is 5.94. The van der Waals surface area contributed by atoms with E-state index in [0.29, 0.717) is 12.3 Å². The normalized spacial score (nSPS) is 17.5. The molecule has 1 unspecified atom stereocenters. The summed E-state index contributed by atoms with van der Waals surface area (Å²) in [5, 5.41) is 15.1. The zero-order valence-corrected chi connectivity index (χ0v) is 12.3. The molecule has 1 amide bonds. The fourth-order valence-corrected chi connectivity index (χ4v) is 2.61. The Morgan fingerprint density at radius 1 is 1.22 bits per heavy atom. The number of carbonyl (C=O) groups excluding carboxylic acids is 1. The molecule has 1 fully saturated rings. The highest BCUT2D eigenvalue weighted by Gasteiger charge is 2.23. The Morgan fingerprint density at radius 3 is 2.87 bits per heavy atom. The second kappa shape index (κ2) is 5.77. The summed E-state index contributed by atoms with van der Waals surface area (Å²) in [6.45, 7) is 0.661. The summed E-state index contributed by atoms with van der Waals surface area (Å²) in [4.78, 5) is 12.0. The maximum Gasteiger partial charge on any atom is 0.253 e. The Kier molecular flexibility index (Phi) is 3.47. The van der Waals surface area contributed by atoms with Crippen LogP contribution in [0.2, 0.25) is 0 Å². The molecule has 0 aliphatic carbocycles. The standard InChI is InChI=1S/C16H15N5O2/c22-16(14-2-1-9-23-14)18-12-5-3-11(4-6-12)13-7-8-15-19-17-10-21(15)20-13/h3-8,10,14H,1-2,9H2,(H,18,22). The van der Waals surface area contributed by atoms with Crippen LogP contribution in [0.5, 0.6) is 0 Å². The molecule has 3 heterocycles. The van der Waals surface area contributed by atoms with Crippen LogP contribution in [0.15, 0.2) is 42.7 Å². The highest BCUT2D eigenvalue weighted by Crippen LogP contribution is 2.21. The van der Waals surface area contributed by atoms with Crippen molar-refractivity contribution >= 4 is 17.2 Å². The molecule has 23 heavy (non-hydrogen) atoms. The van der Waals surface area contributed by atoms with Gasteiger partial charge in [-0.2, -0.15) is 9.61 Å². The first-order chi connectivity index (χ1) is 11.3. The Balaban J connectivity index is 1.51. The molecule has 1 saturated heterocycles. The van der Waals surface area contributed by atoms with Crippen LogP contribution in [-0.4, -0.2) is 38.4 Å². The molecule has 1 aliphatic rings. The highest BCUT2D eigenvalue weighted by atomic mass is 16.5. The van der Waals surface area contributed by atoms with Gasteiger partial charge in [-0.3, -0.25) is 4.79 Å². The number of nitrogens with one attached hydrogen (secondary N) is 1. The molecule has 0 spiro atoms. The molecule has 7 nitrogen and oxygen atoms in total. The van der Waals surface area contributed by atoms with Crippen LogP contribution in [0.3, 0.4) is 0 Å². The minimum Gasteiger partial charge on any atom is -0.368 e. The molecule has 7 heteroatoms. The third-order valence-electron chi connectivity index (χ3n) is 3.83. The Bertz CT molecular complexity index is 837. The number of aromatic nitrogens is 4. The third kappa shape index (κ3) is 2.78. The fraction of sp³-hybridized carbons (Fsp3) is 0.250. The molecule has 116 valence electrons. The Hall–Kier alpha value is -2.80. The van der Waals surface area contributed by atoms with Crippen LogP contribution in [-0.2, 0) is 9.53 Å². The number of carbonyl (C=O) groups is 1. The first kappa shape index (κ1) is 13.8. The van der Waals surface area contributed by atoms with Gasteiger partial charge in [0.2, 0.25) is 0 Å². The van der Waals surface area contributed by atoms with Crippen molar-refractivity contribution in [2.24, 2.45) is 0 Å². The van der Waals surface area contributed by atoms with Crippen LogP contribution in [0.4, 0.5) is 5.69 Å². The molecule has 1 N–H and O–H groups in total. The number of benzene rings is 1. The SMILES string of the molecule is O=C(Nc1ccc(-c2ccc3nncn3n2)cc1)C1CCCO1. The molecule has 0 saturated carbocycles. The number of hydrogen-bond acceptors (Lipinski definition) is 5. The van der Waals surface area contributed by atoms with Crippen LogP contribution >= 0.6 is 0 Å². The summed E-state index contributed by atoms with van der Waals surface area (Å²) in [5.41, 5.74) is 3.22. The van der Waals surface area contributed by atoms with Crippen molar-refractivity contribution in [3.8, 4) is 11.3 Å². The maximum atomic E-state index is 12.0. The van der Waals surface area contributed by atoms with Crippen molar-refractivity contribution in [3.63, 3.8) is 0 Å². The summed E-state index contributed by atoms with van der Waals surface area (Å²) in [6.07, 6.45) is 2.96. The van der Waals surface area contributed by atoms with Crippen molar-refractivity contribution in [1.82, 2.24) is 19.8 Å². The maximum absolute atomic E-state index is 12.0. The van der Waals surface area contributed by atoms with Crippen molar-refractivity contribution < 1.29 is 9.53 Å². The zero-order chi connectivity index (χ0) is 15.6. The first-order valence-corrected chi connectivity index (χ1v) is 7.49. The lowest BCUT2D eigenvalue weighted by molar-refractivity contribution is -0.124. The first-order valence-electron chi connectivity index (χ1n) is 7.49. The predicted molar refractivity (Wildman–Crippen MR) is 83.8 cm³/mol. The predicted octanol–water partition coefficient (Wildman–Crippen LogP) is 1.91. The summed E-state index contributed by atoms with van der Waals surface area (Å²) >= 11 is 0. The van der Waals surface area contributed by atoms with Gasteiger partial charge in [0.25, 0.3) is 5.91 Å². The van der Waals surface area contributed by atoms with Gasteiger partial charge in [-0.25, -0.2) is 0 Å². The fourth-order valence-electron chi connectivity index (χ4n) is 2.61. The van der Waals surface area contributed by atoms with Gasteiger partial charge in [-0.05, 0) is 37.1 Å². The van der Waals surface area contributed by atoms with Gasteiger partial charge < -0.3 is 10.1 Å². The number of fused-ring (bicyclic) bond motifs is 1. The lowest BCUT2D eigenvalue weighted by Gasteiger charge is -2.10. The van der Waals surface area contributed by atoms with Crippen LogP contribution in [0.1, 0.15) is 12.8 Å². The summed E-state index contributed by atoms with van der Waals surface area (Å²) in [7, 11) is 0. The van der Waals surface area contributed by atoms with Gasteiger partial charge in [0.15, 0.2) is 5.65 Å². The minimum atomic E-state index is -0.326. The van der Waals surface area contributed by atoms with Gasteiger partial charge in [0.1, 0.15) is 12.4 Å². The van der Waals surface area contributed by atoms with E-state index < -0.39 is 0 Å². The molecule has 4 rings (SSSR count). The largest absolute Gasteiger partial charge is 0.368 e. The lowest BCUT2D eigenvalue weighted by atomic mass is 10.1. The van der Waals surface area contributed by atoms with Gasteiger partial charge in [-0.15, -0.1) is 10.2 Å². The number of ether oxygens (including phenoxy) is 1. The Morgan fingerprint density at radius 2 is 2.09 bits per heavy atom. The second-order valence-corrected chi connectivity index (χ2v) is 5.42. The van der Waals surface area contributed by atoms with E-state index in [1.54, 1.807) is 10.8 Å². The van der Waals surface area contributed by atoms with Gasteiger partial charge >= 0.3 is 0 Å². The smallest absolute Gasteiger partial charge is 0.253 e. The molecule has 1 aromatic carbocycles. The van der Waals surface area contributed by atoms with E-state index in [1.807, 2.05) is 36.4 Å². The monoisotopic (exact) mass is 309 g/mol. The average Bonchev–Trinajstić information content (AvgIpc) is 3.26. The molecule has 2 aromatic heterocycles. The number of nitrogens with zero attached hydrogens (tertiary/aromatic N) is 4. The van der Waals surface area contributed by atoms with E-state index in [0.717, 1.165) is 29.8 Å². The van der Waals surface area contributed by atoms with Crippen molar-refractivity contribution in [2.75, 3.05) is 11.9 Å². The second-order valence-electron chi connectivity index (χ2n) is 5.42. The van der Waals surface area contributed by atoms with Gasteiger partial charge in [0.05, 0.1) is 5.69 Å². The Labute approximate surface area is 132 Å². The minimum absolute atomic E-state index is 0.0840. The lowest BCUT2D eigenvalue weighted by Crippen LogP contribution is -2.26. The summed E-state index contributed by atoms with van der Waals surface area (Å²) < 4.78 is 7.00. The topological polar surface area (TPSA) is 81.4 Å². The van der Waals surface area contributed by atoms with Gasteiger partial charge in [-0.1, -0.05) is 12.1 Å². The molecule has 3 aromatic rings. The van der Waals surface area contributed by atoms with Crippen LogP contribution in [0.25, 0.3) is 16.9 Å². The van der Waals surface area contributed by atoms with Crippen molar-refractivity contribution in [2.45, 2.75) is 18.9 Å². The molecule has 1 atom stereocenters. The van der Waals surface area contributed by atoms with E-state index in [1.165, 1.54) is 0 Å². The van der Waals surface area contributed by atoms with Crippen LogP contribution < -0.4 is 5.32 Å². The number of amides is 1. The van der Waals surface area contributed by atoms with E-state index in [2.05, 4.69) is 20.6 Å². The summed E-state index contributed by atoms with van der Waals surface area (Å²) in [6, 6.07) is 11.3. The van der Waals surface area contributed by atoms with Gasteiger partial charge in [0, 0.05) is 17.9 Å². The van der Waals surface area contributed by atoms with E-state index in [4.69, 9.17) is 4.74 Å². The quantitative estimate of drug-likeness (QED) is 0.799. The average molecular weight is 309 g/mol. The number of anilines is 1. The van der Waals surface area contributed by atoms with Crippen LogP contribution in [0, 0.1) is 0 Å². The molecule has 1 aliphatic heterocycles. The van der Waals surface area contributed by atoms with E-state index >= 15 is 0 Å². The van der Waals surface area contributed by atoms with Crippen molar-refractivity contribution in [3.05, 3.63) is 42.7 Å². The van der Waals surface area contributed by atoms with E-state index in [-0.39, 0.29) is 12.0 Å². The molecule has 0 radical (unpaired) electrons. The number of hydrogen-bond donors (Lipinski definition) is 1. The van der Waals surface area contributed by atoms with E-state index in [9.17, 15) is 4.79 Å². The molecule has 0 bridgehead atoms. The zero-order valence-electron chi connectivity index (χ0n) is 12.3.